The Labute approximate surface area is 126 Å². The number of halogens is 1. The van der Waals surface area contributed by atoms with E-state index in [0.717, 1.165) is 28.7 Å². The predicted molar refractivity (Wildman–Crippen MR) is 86.4 cm³/mol. The maximum atomic E-state index is 13.5. The topological polar surface area (TPSA) is 37.8 Å². The third-order valence-corrected chi connectivity index (χ3v) is 4.29. The zero-order chi connectivity index (χ0) is 14.8. The van der Waals surface area contributed by atoms with Gasteiger partial charge in [0.05, 0.1) is 10.4 Å². The maximum Gasteiger partial charge on any atom is 0.172 e. The van der Waals surface area contributed by atoms with E-state index in [2.05, 4.69) is 33.7 Å². The molecule has 3 nitrogen and oxygen atoms in total. The molecule has 0 radical (unpaired) electrons. The quantitative estimate of drug-likeness (QED) is 0.771. The standard InChI is InChI=1S/C16H16FN3S/c1-3-10-7-8-21-14(10)16-19-13-6-5-11(17)9-12(13)15(20-16)18-4-2/h5-9H,3-4H2,1-2H3,(H,18,19,20). The van der Waals surface area contributed by atoms with Crippen molar-refractivity contribution in [2.45, 2.75) is 20.3 Å². The summed E-state index contributed by atoms with van der Waals surface area (Å²) in [6.07, 6.45) is 0.945. The van der Waals surface area contributed by atoms with Gasteiger partial charge in [-0.3, -0.25) is 0 Å². The van der Waals surface area contributed by atoms with Gasteiger partial charge in [-0.15, -0.1) is 11.3 Å². The number of aryl methyl sites for hydroxylation is 1. The molecule has 1 N–H and O–H groups in total. The number of fused-ring (bicyclic) bond motifs is 1. The molecule has 0 saturated heterocycles. The minimum Gasteiger partial charge on any atom is -0.370 e. The lowest BCUT2D eigenvalue weighted by Gasteiger charge is -2.09. The maximum absolute atomic E-state index is 13.5. The highest BCUT2D eigenvalue weighted by Gasteiger charge is 2.13. The molecule has 0 amide bonds. The number of hydrogen-bond acceptors (Lipinski definition) is 4. The van der Waals surface area contributed by atoms with Crippen LogP contribution in [0, 0.1) is 5.82 Å². The van der Waals surface area contributed by atoms with Crippen LogP contribution in [0.1, 0.15) is 19.4 Å². The van der Waals surface area contributed by atoms with Crippen LogP contribution < -0.4 is 5.32 Å². The Morgan fingerprint density at radius 2 is 2.05 bits per heavy atom. The summed E-state index contributed by atoms with van der Waals surface area (Å²) in [4.78, 5) is 10.3. The van der Waals surface area contributed by atoms with Gasteiger partial charge in [-0.1, -0.05) is 6.92 Å². The van der Waals surface area contributed by atoms with Crippen molar-refractivity contribution >= 4 is 28.1 Å². The molecule has 108 valence electrons. The summed E-state index contributed by atoms with van der Waals surface area (Å²) >= 11 is 1.64. The Balaban J connectivity index is 2.23. The summed E-state index contributed by atoms with van der Waals surface area (Å²) in [6.45, 7) is 4.84. The molecule has 0 aliphatic heterocycles. The number of hydrogen-bond donors (Lipinski definition) is 1. The van der Waals surface area contributed by atoms with Crippen molar-refractivity contribution in [2.75, 3.05) is 11.9 Å². The fraction of sp³-hybridized carbons (Fsp3) is 0.250. The van der Waals surface area contributed by atoms with E-state index >= 15 is 0 Å². The van der Waals surface area contributed by atoms with Crippen molar-refractivity contribution in [2.24, 2.45) is 0 Å². The highest BCUT2D eigenvalue weighted by Crippen LogP contribution is 2.31. The van der Waals surface area contributed by atoms with Crippen molar-refractivity contribution in [3.8, 4) is 10.7 Å². The van der Waals surface area contributed by atoms with Gasteiger partial charge >= 0.3 is 0 Å². The van der Waals surface area contributed by atoms with Crippen molar-refractivity contribution in [3.63, 3.8) is 0 Å². The second-order valence-corrected chi connectivity index (χ2v) is 5.63. The number of benzene rings is 1. The van der Waals surface area contributed by atoms with Crippen molar-refractivity contribution in [1.29, 1.82) is 0 Å². The van der Waals surface area contributed by atoms with Crippen LogP contribution in [0.5, 0.6) is 0 Å². The highest BCUT2D eigenvalue weighted by molar-refractivity contribution is 7.13. The van der Waals surface area contributed by atoms with Crippen LogP contribution >= 0.6 is 11.3 Å². The third kappa shape index (κ3) is 2.61. The first-order valence-electron chi connectivity index (χ1n) is 7.00. The minimum absolute atomic E-state index is 0.275. The van der Waals surface area contributed by atoms with Gasteiger partial charge in [0.1, 0.15) is 11.6 Å². The molecule has 0 unspecified atom stereocenters. The lowest BCUT2D eigenvalue weighted by Crippen LogP contribution is -2.03. The molecule has 2 heterocycles. The zero-order valence-corrected chi connectivity index (χ0v) is 12.8. The van der Waals surface area contributed by atoms with Crippen LogP contribution in [0.25, 0.3) is 21.6 Å². The Morgan fingerprint density at radius 1 is 1.19 bits per heavy atom. The monoisotopic (exact) mass is 301 g/mol. The molecule has 2 aromatic heterocycles. The van der Waals surface area contributed by atoms with Crippen molar-refractivity contribution in [3.05, 3.63) is 41.0 Å². The van der Waals surface area contributed by atoms with E-state index < -0.39 is 0 Å². The van der Waals surface area contributed by atoms with E-state index in [1.807, 2.05) is 6.92 Å². The number of thiophene rings is 1. The molecule has 0 spiro atoms. The summed E-state index contributed by atoms with van der Waals surface area (Å²) in [5.41, 5.74) is 2.00. The van der Waals surface area contributed by atoms with Gasteiger partial charge in [-0.05, 0) is 48.6 Å². The van der Waals surface area contributed by atoms with Gasteiger partial charge in [0, 0.05) is 11.9 Å². The van der Waals surface area contributed by atoms with E-state index in [1.54, 1.807) is 17.4 Å². The lowest BCUT2D eigenvalue weighted by molar-refractivity contribution is 0.629. The van der Waals surface area contributed by atoms with Crippen molar-refractivity contribution in [1.82, 2.24) is 9.97 Å². The molecule has 0 saturated carbocycles. The van der Waals surface area contributed by atoms with Gasteiger partial charge < -0.3 is 5.32 Å². The number of nitrogens with zero attached hydrogens (tertiary/aromatic N) is 2. The first-order chi connectivity index (χ1) is 10.2. The van der Waals surface area contributed by atoms with Crippen LogP contribution in [0.3, 0.4) is 0 Å². The summed E-state index contributed by atoms with van der Waals surface area (Å²) in [6, 6.07) is 6.72. The van der Waals surface area contributed by atoms with Crippen LogP contribution in [-0.4, -0.2) is 16.5 Å². The average Bonchev–Trinajstić information content (AvgIpc) is 2.96. The van der Waals surface area contributed by atoms with E-state index in [0.29, 0.717) is 11.6 Å². The van der Waals surface area contributed by atoms with E-state index in [-0.39, 0.29) is 5.82 Å². The van der Waals surface area contributed by atoms with Crippen LogP contribution in [0.2, 0.25) is 0 Å². The van der Waals surface area contributed by atoms with Gasteiger partial charge in [0.15, 0.2) is 5.82 Å². The van der Waals surface area contributed by atoms with Crippen LogP contribution in [0.15, 0.2) is 29.6 Å². The summed E-state index contributed by atoms with van der Waals surface area (Å²) in [5.74, 6) is 1.12. The van der Waals surface area contributed by atoms with E-state index in [4.69, 9.17) is 0 Å². The second-order valence-electron chi connectivity index (χ2n) is 4.72. The molecule has 0 fully saturated rings. The normalized spacial score (nSPS) is 11.0. The molecule has 3 aromatic rings. The number of anilines is 1. The van der Waals surface area contributed by atoms with Crippen LogP contribution in [-0.2, 0) is 6.42 Å². The van der Waals surface area contributed by atoms with Gasteiger partial charge in [-0.2, -0.15) is 0 Å². The summed E-state index contributed by atoms with van der Waals surface area (Å²) < 4.78 is 13.5. The first kappa shape index (κ1) is 13.9. The first-order valence-corrected chi connectivity index (χ1v) is 7.88. The Hall–Kier alpha value is -2.01. The molecule has 0 aliphatic rings. The largest absolute Gasteiger partial charge is 0.370 e. The number of aromatic nitrogens is 2. The fourth-order valence-corrected chi connectivity index (χ4v) is 3.24. The number of rotatable bonds is 4. The highest BCUT2D eigenvalue weighted by atomic mass is 32.1. The third-order valence-electron chi connectivity index (χ3n) is 3.33. The molecular formula is C16H16FN3S. The SMILES string of the molecule is CCNc1nc(-c2sccc2CC)nc2ccc(F)cc12. The lowest BCUT2D eigenvalue weighted by atomic mass is 10.2. The van der Waals surface area contributed by atoms with Gasteiger partial charge in [0.25, 0.3) is 0 Å². The average molecular weight is 301 g/mol. The second kappa shape index (κ2) is 5.77. The molecule has 0 aliphatic carbocycles. The molecule has 0 atom stereocenters. The van der Waals surface area contributed by atoms with Crippen molar-refractivity contribution < 1.29 is 4.39 Å². The van der Waals surface area contributed by atoms with Crippen LogP contribution in [0.4, 0.5) is 10.2 Å². The molecule has 1 aromatic carbocycles. The minimum atomic E-state index is -0.275. The number of nitrogens with one attached hydrogen (secondary N) is 1. The summed E-state index contributed by atoms with van der Waals surface area (Å²) in [5, 5.41) is 5.98. The smallest absolute Gasteiger partial charge is 0.172 e. The Morgan fingerprint density at radius 3 is 2.81 bits per heavy atom. The van der Waals surface area contributed by atoms with Gasteiger partial charge in [-0.25, -0.2) is 14.4 Å². The molecule has 5 heteroatoms. The Kier molecular flexibility index (Phi) is 3.84. The fourth-order valence-electron chi connectivity index (χ4n) is 2.31. The predicted octanol–water partition coefficient (Wildman–Crippen LogP) is 4.49. The molecular weight excluding hydrogens is 285 g/mol. The molecule has 3 rings (SSSR count). The zero-order valence-electron chi connectivity index (χ0n) is 12.0. The summed E-state index contributed by atoms with van der Waals surface area (Å²) in [7, 11) is 0. The van der Waals surface area contributed by atoms with Gasteiger partial charge in [0.2, 0.25) is 0 Å². The van der Waals surface area contributed by atoms with E-state index in [1.165, 1.54) is 17.7 Å². The molecule has 21 heavy (non-hydrogen) atoms. The molecule has 0 bridgehead atoms. The van der Waals surface area contributed by atoms with E-state index in [9.17, 15) is 4.39 Å². The Bertz CT molecular complexity index is 782.